The minimum absolute atomic E-state index is 0.767. The van der Waals surface area contributed by atoms with E-state index in [-0.39, 0.29) is 0 Å². The molecule has 12 heavy (non-hydrogen) atoms. The Labute approximate surface area is 78.1 Å². The van der Waals surface area contributed by atoms with Gasteiger partial charge in [-0.05, 0) is 38.5 Å². The molecule has 0 N–H and O–H groups in total. The Bertz CT molecular complexity index is 151. The van der Waals surface area contributed by atoms with E-state index in [4.69, 9.17) is 0 Å². The van der Waals surface area contributed by atoms with E-state index < -0.39 is 0 Å². The van der Waals surface area contributed by atoms with Crippen molar-refractivity contribution in [1.82, 2.24) is 0 Å². The Morgan fingerprint density at radius 2 is 1.58 bits per heavy atom. The standard InChI is InChI=1S/C12H24/c1-7-10(4)12(6)11(5)8-9(2)3/h9-10H,7-8H2,1-6H3. The first-order chi connectivity index (χ1) is 5.49. The molecule has 0 aromatic heterocycles. The van der Waals surface area contributed by atoms with E-state index in [1.807, 2.05) is 0 Å². The third kappa shape index (κ3) is 3.94. The van der Waals surface area contributed by atoms with Crippen molar-refractivity contribution >= 4 is 0 Å². The molecule has 0 aromatic rings. The minimum Gasteiger partial charge on any atom is -0.0739 e. The summed E-state index contributed by atoms with van der Waals surface area (Å²) in [5.41, 5.74) is 3.20. The fourth-order valence-corrected chi connectivity index (χ4v) is 1.50. The van der Waals surface area contributed by atoms with Gasteiger partial charge in [0.2, 0.25) is 0 Å². The van der Waals surface area contributed by atoms with Crippen LogP contribution in [0.4, 0.5) is 0 Å². The molecular weight excluding hydrogens is 144 g/mol. The molecule has 0 nitrogen and oxygen atoms in total. The van der Waals surface area contributed by atoms with Crippen LogP contribution >= 0.6 is 0 Å². The van der Waals surface area contributed by atoms with Gasteiger partial charge in [-0.2, -0.15) is 0 Å². The molecule has 0 amide bonds. The zero-order chi connectivity index (χ0) is 9.72. The molecule has 0 saturated carbocycles. The fraction of sp³-hybridized carbons (Fsp3) is 0.833. The second kappa shape index (κ2) is 5.40. The summed E-state index contributed by atoms with van der Waals surface area (Å²) in [4.78, 5) is 0. The third-order valence-corrected chi connectivity index (χ3v) is 2.74. The van der Waals surface area contributed by atoms with Gasteiger partial charge in [-0.25, -0.2) is 0 Å². The molecule has 1 unspecified atom stereocenters. The van der Waals surface area contributed by atoms with Crippen molar-refractivity contribution in [1.29, 1.82) is 0 Å². The summed E-state index contributed by atoms with van der Waals surface area (Å²) in [6, 6.07) is 0. The van der Waals surface area contributed by atoms with Gasteiger partial charge in [-0.3, -0.25) is 0 Å². The highest BCUT2D eigenvalue weighted by Gasteiger charge is 2.05. The first kappa shape index (κ1) is 11.7. The van der Waals surface area contributed by atoms with Crippen molar-refractivity contribution in [2.45, 2.75) is 54.4 Å². The highest BCUT2D eigenvalue weighted by Crippen LogP contribution is 2.21. The largest absolute Gasteiger partial charge is 0.0739 e. The summed E-state index contributed by atoms with van der Waals surface area (Å²) >= 11 is 0. The van der Waals surface area contributed by atoms with Crippen LogP contribution in [-0.4, -0.2) is 0 Å². The van der Waals surface area contributed by atoms with Gasteiger partial charge in [-0.15, -0.1) is 0 Å². The summed E-state index contributed by atoms with van der Waals surface area (Å²) in [5, 5.41) is 0. The molecule has 0 spiro atoms. The smallest absolute Gasteiger partial charge is 0.0234 e. The van der Waals surface area contributed by atoms with Gasteiger partial charge in [0.15, 0.2) is 0 Å². The Balaban J connectivity index is 4.24. The topological polar surface area (TPSA) is 0 Å². The monoisotopic (exact) mass is 168 g/mol. The Morgan fingerprint density at radius 1 is 1.08 bits per heavy atom. The van der Waals surface area contributed by atoms with Crippen LogP contribution in [0.1, 0.15) is 54.4 Å². The van der Waals surface area contributed by atoms with Crippen LogP contribution in [0.15, 0.2) is 11.1 Å². The number of hydrogen-bond donors (Lipinski definition) is 0. The van der Waals surface area contributed by atoms with Gasteiger partial charge >= 0.3 is 0 Å². The molecule has 0 fully saturated rings. The van der Waals surface area contributed by atoms with Crippen LogP contribution in [0.2, 0.25) is 0 Å². The van der Waals surface area contributed by atoms with Gasteiger partial charge in [-0.1, -0.05) is 38.8 Å². The highest BCUT2D eigenvalue weighted by molar-refractivity contribution is 5.12. The van der Waals surface area contributed by atoms with Gasteiger partial charge in [0, 0.05) is 0 Å². The lowest BCUT2D eigenvalue weighted by Crippen LogP contribution is -1.99. The lowest BCUT2D eigenvalue weighted by molar-refractivity contribution is 0.603. The molecule has 0 saturated heterocycles. The van der Waals surface area contributed by atoms with Crippen LogP contribution < -0.4 is 0 Å². The maximum Gasteiger partial charge on any atom is -0.0234 e. The van der Waals surface area contributed by atoms with Gasteiger partial charge in [0.05, 0.1) is 0 Å². The van der Waals surface area contributed by atoms with E-state index in [9.17, 15) is 0 Å². The van der Waals surface area contributed by atoms with Crippen LogP contribution in [0.25, 0.3) is 0 Å². The van der Waals surface area contributed by atoms with Crippen LogP contribution in [0.5, 0.6) is 0 Å². The van der Waals surface area contributed by atoms with E-state index in [1.54, 1.807) is 11.1 Å². The minimum atomic E-state index is 0.767. The highest BCUT2D eigenvalue weighted by atomic mass is 14.1. The average Bonchev–Trinajstić information content (AvgIpc) is 2.00. The van der Waals surface area contributed by atoms with Crippen molar-refractivity contribution < 1.29 is 0 Å². The van der Waals surface area contributed by atoms with E-state index in [0.29, 0.717) is 0 Å². The van der Waals surface area contributed by atoms with Crippen LogP contribution in [0.3, 0.4) is 0 Å². The Hall–Kier alpha value is -0.260. The van der Waals surface area contributed by atoms with E-state index in [2.05, 4.69) is 41.5 Å². The summed E-state index contributed by atoms with van der Waals surface area (Å²) in [6.45, 7) is 13.7. The maximum absolute atomic E-state index is 2.32. The van der Waals surface area contributed by atoms with E-state index >= 15 is 0 Å². The zero-order valence-electron chi connectivity index (χ0n) is 9.57. The lowest BCUT2D eigenvalue weighted by Gasteiger charge is -2.15. The van der Waals surface area contributed by atoms with Crippen LogP contribution in [-0.2, 0) is 0 Å². The second-order valence-electron chi connectivity index (χ2n) is 4.37. The van der Waals surface area contributed by atoms with Gasteiger partial charge in [0.25, 0.3) is 0 Å². The number of hydrogen-bond acceptors (Lipinski definition) is 0. The Morgan fingerprint density at radius 3 is 1.92 bits per heavy atom. The third-order valence-electron chi connectivity index (χ3n) is 2.74. The lowest BCUT2D eigenvalue weighted by atomic mass is 9.92. The number of allylic oxidation sites excluding steroid dienone is 2. The number of rotatable bonds is 4. The predicted molar refractivity (Wildman–Crippen MR) is 57.3 cm³/mol. The van der Waals surface area contributed by atoms with E-state index in [0.717, 1.165) is 11.8 Å². The van der Waals surface area contributed by atoms with Gasteiger partial charge in [0.1, 0.15) is 0 Å². The van der Waals surface area contributed by atoms with Crippen molar-refractivity contribution in [2.24, 2.45) is 11.8 Å². The quantitative estimate of drug-likeness (QED) is 0.545. The second-order valence-corrected chi connectivity index (χ2v) is 4.37. The molecule has 0 rings (SSSR count). The summed E-state index contributed by atoms with van der Waals surface area (Å²) in [5.74, 6) is 1.56. The zero-order valence-corrected chi connectivity index (χ0v) is 9.57. The fourth-order valence-electron chi connectivity index (χ4n) is 1.50. The summed E-state index contributed by atoms with van der Waals surface area (Å²) < 4.78 is 0. The predicted octanol–water partition coefficient (Wildman–Crippen LogP) is 4.42. The molecule has 0 bridgehead atoms. The van der Waals surface area contributed by atoms with Gasteiger partial charge < -0.3 is 0 Å². The molecule has 0 heterocycles. The molecule has 0 aliphatic heterocycles. The SMILES string of the molecule is CCC(C)C(C)=C(C)CC(C)C. The maximum atomic E-state index is 2.32. The van der Waals surface area contributed by atoms with Crippen molar-refractivity contribution in [2.75, 3.05) is 0 Å². The molecule has 1 atom stereocenters. The summed E-state index contributed by atoms with van der Waals surface area (Å²) in [7, 11) is 0. The molecular formula is C12H24. The van der Waals surface area contributed by atoms with E-state index in [1.165, 1.54) is 12.8 Å². The average molecular weight is 168 g/mol. The van der Waals surface area contributed by atoms with Crippen molar-refractivity contribution in [3.8, 4) is 0 Å². The first-order valence-corrected chi connectivity index (χ1v) is 5.15. The molecule has 0 aliphatic carbocycles. The normalized spacial score (nSPS) is 16.2. The molecule has 0 heteroatoms. The molecule has 0 aromatic carbocycles. The van der Waals surface area contributed by atoms with Crippen LogP contribution in [0, 0.1) is 11.8 Å². The first-order valence-electron chi connectivity index (χ1n) is 5.15. The molecule has 0 radical (unpaired) electrons. The van der Waals surface area contributed by atoms with Crippen molar-refractivity contribution in [3.05, 3.63) is 11.1 Å². The van der Waals surface area contributed by atoms with Crippen molar-refractivity contribution in [3.63, 3.8) is 0 Å². The summed E-state index contributed by atoms with van der Waals surface area (Å²) in [6.07, 6.45) is 2.53. The molecule has 72 valence electrons. The molecule has 0 aliphatic rings. The Kier molecular flexibility index (Phi) is 5.28.